The zero-order valence-corrected chi connectivity index (χ0v) is 8.33. The van der Waals surface area contributed by atoms with Crippen molar-refractivity contribution in [3.05, 3.63) is 0 Å². The van der Waals surface area contributed by atoms with Crippen molar-refractivity contribution >= 4 is 5.84 Å². The van der Waals surface area contributed by atoms with Crippen molar-refractivity contribution in [3.8, 4) is 0 Å². The normalized spacial score (nSPS) is 28.7. The van der Waals surface area contributed by atoms with Crippen LogP contribution in [0.15, 0.2) is 0 Å². The number of aliphatic hydroxyl groups excluding tert-OH is 1. The average molecular weight is 185 g/mol. The predicted octanol–water partition coefficient (Wildman–Crippen LogP) is 0.0136. The van der Waals surface area contributed by atoms with Crippen molar-refractivity contribution in [1.82, 2.24) is 4.90 Å². The molecule has 0 aliphatic carbocycles. The Hall–Kier alpha value is -0.610. The Kier molecular flexibility index (Phi) is 3.27. The number of hydrogen-bond acceptors (Lipinski definition) is 3. The van der Waals surface area contributed by atoms with Gasteiger partial charge in [-0.25, -0.2) is 0 Å². The van der Waals surface area contributed by atoms with Gasteiger partial charge in [0, 0.05) is 6.54 Å². The fourth-order valence-electron chi connectivity index (χ4n) is 1.76. The maximum atomic E-state index is 9.38. The molecule has 4 heteroatoms. The zero-order chi connectivity index (χ0) is 10.0. The van der Waals surface area contributed by atoms with Gasteiger partial charge in [-0.2, -0.15) is 0 Å². The highest BCUT2D eigenvalue weighted by Crippen LogP contribution is 2.21. The number of nitrogens with one attached hydrogen (secondary N) is 1. The molecule has 4 N–H and O–H groups in total. The molecule has 1 heterocycles. The van der Waals surface area contributed by atoms with Crippen molar-refractivity contribution < 1.29 is 5.11 Å². The molecule has 3 unspecified atom stereocenters. The van der Waals surface area contributed by atoms with Crippen LogP contribution in [0.4, 0.5) is 0 Å². The van der Waals surface area contributed by atoms with E-state index in [0.29, 0.717) is 5.92 Å². The smallest absolute Gasteiger partial charge is 0.108 e. The Bertz CT molecular complexity index is 193. The van der Waals surface area contributed by atoms with Gasteiger partial charge in [0.05, 0.1) is 12.1 Å². The van der Waals surface area contributed by atoms with Crippen molar-refractivity contribution in [1.29, 1.82) is 5.41 Å². The van der Waals surface area contributed by atoms with Gasteiger partial charge in [0.15, 0.2) is 0 Å². The van der Waals surface area contributed by atoms with Crippen LogP contribution in [0.5, 0.6) is 0 Å². The summed E-state index contributed by atoms with van der Waals surface area (Å²) in [7, 11) is 0. The molecule has 1 aliphatic rings. The fraction of sp³-hybridized carbons (Fsp3) is 0.889. The summed E-state index contributed by atoms with van der Waals surface area (Å²) >= 11 is 0. The van der Waals surface area contributed by atoms with Gasteiger partial charge < -0.3 is 10.8 Å². The van der Waals surface area contributed by atoms with E-state index in [4.69, 9.17) is 11.1 Å². The van der Waals surface area contributed by atoms with Gasteiger partial charge in [0.1, 0.15) is 5.84 Å². The molecular formula is C9H19N3O. The van der Waals surface area contributed by atoms with Crippen LogP contribution in [0.2, 0.25) is 0 Å². The molecule has 13 heavy (non-hydrogen) atoms. The summed E-state index contributed by atoms with van der Waals surface area (Å²) < 4.78 is 0. The van der Waals surface area contributed by atoms with Crippen LogP contribution < -0.4 is 5.73 Å². The number of nitrogens with zero attached hydrogens (tertiary/aromatic N) is 1. The molecule has 0 bridgehead atoms. The van der Waals surface area contributed by atoms with Crippen LogP contribution in [0.1, 0.15) is 20.3 Å². The molecule has 0 spiro atoms. The summed E-state index contributed by atoms with van der Waals surface area (Å²) in [6.45, 7) is 5.56. The van der Waals surface area contributed by atoms with E-state index < -0.39 is 0 Å². The Balaban J connectivity index is 2.45. The maximum absolute atomic E-state index is 9.38. The van der Waals surface area contributed by atoms with Gasteiger partial charge in [-0.05, 0) is 32.7 Å². The number of nitrogens with two attached hydrogens (primary N) is 1. The molecule has 4 nitrogen and oxygen atoms in total. The van der Waals surface area contributed by atoms with Gasteiger partial charge in [-0.3, -0.25) is 10.3 Å². The third-order valence-corrected chi connectivity index (χ3v) is 2.94. The number of likely N-dealkylation sites (tertiary alicyclic amines) is 1. The third-order valence-electron chi connectivity index (χ3n) is 2.94. The van der Waals surface area contributed by atoms with Crippen LogP contribution in [0.25, 0.3) is 0 Å². The van der Waals surface area contributed by atoms with Crippen LogP contribution in [-0.2, 0) is 0 Å². The molecule has 1 fully saturated rings. The average Bonchev–Trinajstić information content (AvgIpc) is 2.50. The van der Waals surface area contributed by atoms with Crippen molar-refractivity contribution in [2.24, 2.45) is 11.7 Å². The minimum atomic E-state index is -0.246. The second kappa shape index (κ2) is 4.07. The minimum absolute atomic E-state index is 0.0174. The molecule has 0 aromatic carbocycles. The number of rotatable bonds is 3. The van der Waals surface area contributed by atoms with Crippen LogP contribution in [0.3, 0.4) is 0 Å². The second-order valence-corrected chi connectivity index (χ2v) is 3.92. The summed E-state index contributed by atoms with van der Waals surface area (Å²) in [6.07, 6.45) is 0.763. The van der Waals surface area contributed by atoms with Crippen molar-refractivity contribution in [2.45, 2.75) is 32.4 Å². The lowest BCUT2D eigenvalue weighted by molar-refractivity contribution is 0.126. The summed E-state index contributed by atoms with van der Waals surface area (Å²) in [5.74, 6) is 0.563. The summed E-state index contributed by atoms with van der Waals surface area (Å²) in [5, 5.41) is 16.7. The molecule has 0 saturated carbocycles. The first-order chi connectivity index (χ1) is 6.02. The van der Waals surface area contributed by atoms with Crippen LogP contribution in [0, 0.1) is 11.3 Å². The Morgan fingerprint density at radius 3 is 2.62 bits per heavy atom. The highest BCUT2D eigenvalue weighted by atomic mass is 16.3. The molecule has 1 aliphatic heterocycles. The third kappa shape index (κ3) is 2.42. The first kappa shape index (κ1) is 10.5. The number of aliphatic hydroxyl groups is 1. The SMILES string of the molecule is CC(O)C1CCN(C(C)C(=N)N)C1. The number of amidine groups is 1. The lowest BCUT2D eigenvalue weighted by Gasteiger charge is -2.23. The van der Waals surface area contributed by atoms with Crippen molar-refractivity contribution in [3.63, 3.8) is 0 Å². The minimum Gasteiger partial charge on any atom is -0.393 e. The topological polar surface area (TPSA) is 73.3 Å². The van der Waals surface area contributed by atoms with Gasteiger partial charge in [0.2, 0.25) is 0 Å². The zero-order valence-electron chi connectivity index (χ0n) is 8.33. The molecule has 1 rings (SSSR count). The molecule has 0 radical (unpaired) electrons. The first-order valence-corrected chi connectivity index (χ1v) is 4.78. The number of hydrogen-bond donors (Lipinski definition) is 3. The van der Waals surface area contributed by atoms with E-state index in [0.717, 1.165) is 19.5 Å². The highest BCUT2D eigenvalue weighted by Gasteiger charge is 2.29. The van der Waals surface area contributed by atoms with Gasteiger partial charge >= 0.3 is 0 Å². The van der Waals surface area contributed by atoms with E-state index in [-0.39, 0.29) is 18.0 Å². The summed E-state index contributed by atoms with van der Waals surface area (Å²) in [4.78, 5) is 2.15. The van der Waals surface area contributed by atoms with Crippen LogP contribution in [-0.4, -0.2) is 41.1 Å². The lowest BCUT2D eigenvalue weighted by atomic mass is 10.0. The van der Waals surface area contributed by atoms with E-state index in [9.17, 15) is 5.11 Å². The Morgan fingerprint density at radius 1 is 1.62 bits per heavy atom. The first-order valence-electron chi connectivity index (χ1n) is 4.78. The molecule has 1 saturated heterocycles. The largest absolute Gasteiger partial charge is 0.393 e. The quantitative estimate of drug-likeness (QED) is 0.428. The van der Waals surface area contributed by atoms with E-state index in [1.165, 1.54) is 0 Å². The second-order valence-electron chi connectivity index (χ2n) is 3.92. The standard InChI is InChI=1S/C9H19N3O/c1-6(9(10)11)12-4-3-8(5-12)7(2)13/h6-8,13H,3-5H2,1-2H3,(H3,10,11). The van der Waals surface area contributed by atoms with E-state index in [1.54, 1.807) is 0 Å². The lowest BCUT2D eigenvalue weighted by Crippen LogP contribution is -2.41. The van der Waals surface area contributed by atoms with Gasteiger partial charge in [-0.15, -0.1) is 0 Å². The van der Waals surface area contributed by atoms with Gasteiger partial charge in [-0.1, -0.05) is 0 Å². The van der Waals surface area contributed by atoms with Crippen molar-refractivity contribution in [2.75, 3.05) is 13.1 Å². The molecule has 0 amide bonds. The molecule has 0 aromatic rings. The van der Waals surface area contributed by atoms with Crippen LogP contribution >= 0.6 is 0 Å². The highest BCUT2D eigenvalue weighted by molar-refractivity contribution is 5.82. The van der Waals surface area contributed by atoms with E-state index >= 15 is 0 Å². The Labute approximate surface area is 79.2 Å². The summed E-state index contributed by atoms with van der Waals surface area (Å²) in [6, 6.07) is 0.0174. The van der Waals surface area contributed by atoms with Gasteiger partial charge in [0.25, 0.3) is 0 Å². The maximum Gasteiger partial charge on any atom is 0.108 e. The molecule has 76 valence electrons. The molecule has 0 aromatic heterocycles. The molecule has 3 atom stereocenters. The molecular weight excluding hydrogens is 166 g/mol. The Morgan fingerprint density at radius 2 is 2.23 bits per heavy atom. The van der Waals surface area contributed by atoms with E-state index in [1.807, 2.05) is 13.8 Å². The summed E-state index contributed by atoms with van der Waals surface area (Å²) in [5.41, 5.74) is 5.42. The van der Waals surface area contributed by atoms with E-state index in [2.05, 4.69) is 4.90 Å². The fourth-order valence-corrected chi connectivity index (χ4v) is 1.76. The monoisotopic (exact) mass is 185 g/mol. The predicted molar refractivity (Wildman–Crippen MR) is 52.7 cm³/mol.